The van der Waals surface area contributed by atoms with Crippen molar-refractivity contribution in [3.63, 3.8) is 0 Å². The minimum atomic E-state index is -4.79. The number of aromatic nitrogens is 4. The first kappa shape index (κ1) is 11.2. The predicted molar refractivity (Wildman–Crippen MR) is 50.2 cm³/mol. The lowest BCUT2D eigenvalue weighted by Crippen LogP contribution is -2.18. The molecule has 2 N–H and O–H groups in total. The molecule has 0 radical (unpaired) electrons. The van der Waals surface area contributed by atoms with Crippen LogP contribution in [0.5, 0.6) is 5.75 Å². The van der Waals surface area contributed by atoms with Gasteiger partial charge in [0.05, 0.1) is 0 Å². The van der Waals surface area contributed by atoms with Crippen LogP contribution in [-0.4, -0.2) is 26.6 Å². The molecule has 0 aliphatic carbocycles. The molecule has 2 rings (SSSR count). The molecule has 2 aromatic rings. The van der Waals surface area contributed by atoms with Crippen molar-refractivity contribution < 1.29 is 17.9 Å². The molecule has 0 spiro atoms. The third kappa shape index (κ3) is 2.44. The molecule has 1 aromatic carbocycles. The van der Waals surface area contributed by atoms with Gasteiger partial charge in [0, 0.05) is 0 Å². The summed E-state index contributed by atoms with van der Waals surface area (Å²) in [5.41, 5.74) is 5.40. The number of hydrogen-bond acceptors (Lipinski definition) is 5. The summed E-state index contributed by atoms with van der Waals surface area (Å²) < 4.78 is 41.2. The summed E-state index contributed by atoms with van der Waals surface area (Å²) in [4.78, 5) is 0. The van der Waals surface area contributed by atoms with Crippen LogP contribution in [0.2, 0.25) is 0 Å². The minimum Gasteiger partial charge on any atom is -0.403 e. The first-order valence-electron chi connectivity index (χ1n) is 4.36. The van der Waals surface area contributed by atoms with Gasteiger partial charge in [0.25, 0.3) is 0 Å². The molecule has 0 atom stereocenters. The van der Waals surface area contributed by atoms with Crippen LogP contribution in [0, 0.1) is 0 Å². The zero-order valence-electron chi connectivity index (χ0n) is 8.22. The average molecular weight is 245 g/mol. The van der Waals surface area contributed by atoms with Gasteiger partial charge in [-0.3, -0.25) is 0 Å². The Balaban J connectivity index is 2.45. The van der Waals surface area contributed by atoms with Crippen molar-refractivity contribution in [2.24, 2.45) is 0 Å². The maximum atomic E-state index is 12.1. The molecule has 0 aliphatic rings. The topological polar surface area (TPSA) is 78.9 Å². The predicted octanol–water partition coefficient (Wildman–Crippen LogP) is 1.14. The zero-order chi connectivity index (χ0) is 12.5. The smallest absolute Gasteiger partial charge is 0.403 e. The molecule has 0 amide bonds. The van der Waals surface area contributed by atoms with E-state index in [0.717, 1.165) is 10.7 Å². The van der Waals surface area contributed by atoms with Gasteiger partial charge >= 0.3 is 6.36 Å². The van der Waals surface area contributed by atoms with Gasteiger partial charge in [0.2, 0.25) is 5.95 Å². The fraction of sp³-hybridized carbons (Fsp3) is 0.125. The second kappa shape index (κ2) is 3.92. The van der Waals surface area contributed by atoms with Crippen LogP contribution >= 0.6 is 0 Å². The molecule has 1 aromatic heterocycles. The summed E-state index contributed by atoms with van der Waals surface area (Å²) in [5, 5.41) is 10.1. The summed E-state index contributed by atoms with van der Waals surface area (Å²) in [6, 6.07) is 5.41. The molecule has 0 fully saturated rings. The third-order valence-electron chi connectivity index (χ3n) is 1.81. The van der Waals surface area contributed by atoms with E-state index in [1.165, 1.54) is 18.2 Å². The van der Waals surface area contributed by atoms with Gasteiger partial charge in [-0.2, -0.15) is 4.68 Å². The SMILES string of the molecule is Nc1nnnn1-c1ccccc1OC(F)(F)F. The lowest BCUT2D eigenvalue weighted by atomic mass is 10.3. The summed E-state index contributed by atoms with van der Waals surface area (Å²) in [6.45, 7) is 0. The number of nitrogens with two attached hydrogens (primary N) is 1. The number of anilines is 1. The highest BCUT2D eigenvalue weighted by Gasteiger charge is 2.32. The van der Waals surface area contributed by atoms with Gasteiger partial charge in [-0.25, -0.2) is 0 Å². The largest absolute Gasteiger partial charge is 0.573 e. The Morgan fingerprint density at radius 3 is 2.53 bits per heavy atom. The van der Waals surface area contributed by atoms with Crippen molar-refractivity contribution in [3.8, 4) is 11.4 Å². The Morgan fingerprint density at radius 1 is 1.24 bits per heavy atom. The van der Waals surface area contributed by atoms with Crippen LogP contribution in [0.3, 0.4) is 0 Å². The second-order valence-corrected chi connectivity index (χ2v) is 2.96. The Kier molecular flexibility index (Phi) is 2.58. The third-order valence-corrected chi connectivity index (χ3v) is 1.81. The minimum absolute atomic E-state index is 0.00678. The van der Waals surface area contributed by atoms with E-state index in [-0.39, 0.29) is 11.6 Å². The van der Waals surface area contributed by atoms with Crippen molar-refractivity contribution in [2.75, 3.05) is 5.73 Å². The van der Waals surface area contributed by atoms with E-state index >= 15 is 0 Å². The van der Waals surface area contributed by atoms with Crippen molar-refractivity contribution in [1.29, 1.82) is 0 Å². The second-order valence-electron chi connectivity index (χ2n) is 2.96. The molecule has 0 bridgehead atoms. The molecule has 9 heteroatoms. The quantitative estimate of drug-likeness (QED) is 0.858. The number of benzene rings is 1. The van der Waals surface area contributed by atoms with Crippen molar-refractivity contribution in [3.05, 3.63) is 24.3 Å². The lowest BCUT2D eigenvalue weighted by molar-refractivity contribution is -0.274. The fourth-order valence-corrected chi connectivity index (χ4v) is 1.21. The lowest BCUT2D eigenvalue weighted by Gasteiger charge is -2.12. The molecule has 0 unspecified atom stereocenters. The fourth-order valence-electron chi connectivity index (χ4n) is 1.21. The first-order chi connectivity index (χ1) is 7.97. The molecule has 1 heterocycles. The number of nitrogens with zero attached hydrogens (tertiary/aromatic N) is 4. The van der Waals surface area contributed by atoms with Gasteiger partial charge in [0.15, 0.2) is 5.75 Å². The molecular formula is C8H6F3N5O. The number of alkyl halides is 3. The standard InChI is InChI=1S/C8H6F3N5O/c9-8(10,11)17-6-4-2-1-3-5(6)16-7(12)13-14-15-16/h1-4H,(H2,12,13,15). The number of nitrogen functional groups attached to an aromatic ring is 1. The van der Waals surface area contributed by atoms with E-state index in [1.807, 2.05) is 0 Å². The van der Waals surface area contributed by atoms with Crippen LogP contribution < -0.4 is 10.5 Å². The molecular weight excluding hydrogens is 239 g/mol. The summed E-state index contributed by atoms with van der Waals surface area (Å²) in [6.07, 6.45) is -4.79. The number of hydrogen-bond donors (Lipinski definition) is 1. The summed E-state index contributed by atoms with van der Waals surface area (Å²) in [5.74, 6) is -0.567. The van der Waals surface area contributed by atoms with E-state index in [4.69, 9.17) is 5.73 Å². The van der Waals surface area contributed by atoms with Gasteiger partial charge < -0.3 is 10.5 Å². The van der Waals surface area contributed by atoms with E-state index < -0.39 is 12.1 Å². The molecule has 0 aliphatic heterocycles. The molecule has 0 saturated heterocycles. The van der Waals surface area contributed by atoms with Gasteiger partial charge in [-0.15, -0.1) is 13.2 Å². The number of tetrazole rings is 1. The van der Waals surface area contributed by atoms with Crippen LogP contribution in [0.1, 0.15) is 0 Å². The number of ether oxygens (including phenoxy) is 1. The first-order valence-corrected chi connectivity index (χ1v) is 4.36. The molecule has 0 saturated carbocycles. The van der Waals surface area contributed by atoms with Crippen LogP contribution in [-0.2, 0) is 0 Å². The summed E-state index contributed by atoms with van der Waals surface area (Å²) >= 11 is 0. The maximum Gasteiger partial charge on any atom is 0.573 e. The Bertz CT molecular complexity index is 524. The zero-order valence-corrected chi connectivity index (χ0v) is 8.22. The summed E-state index contributed by atoms with van der Waals surface area (Å²) in [7, 11) is 0. The highest BCUT2D eigenvalue weighted by molar-refractivity contribution is 5.48. The van der Waals surface area contributed by atoms with E-state index in [2.05, 4.69) is 20.3 Å². The van der Waals surface area contributed by atoms with Gasteiger partial charge in [-0.1, -0.05) is 17.2 Å². The van der Waals surface area contributed by atoms with Crippen molar-refractivity contribution in [1.82, 2.24) is 20.2 Å². The maximum absolute atomic E-state index is 12.1. The average Bonchev–Trinajstić information content (AvgIpc) is 2.63. The van der Waals surface area contributed by atoms with Crippen molar-refractivity contribution in [2.45, 2.75) is 6.36 Å². The molecule has 90 valence electrons. The van der Waals surface area contributed by atoms with Crippen molar-refractivity contribution >= 4 is 5.95 Å². The Morgan fingerprint density at radius 2 is 1.94 bits per heavy atom. The number of para-hydroxylation sites is 2. The highest BCUT2D eigenvalue weighted by atomic mass is 19.4. The highest BCUT2D eigenvalue weighted by Crippen LogP contribution is 2.28. The number of halogens is 3. The van der Waals surface area contributed by atoms with Crippen LogP contribution in [0.25, 0.3) is 5.69 Å². The Labute approximate surface area is 92.8 Å². The Hall–Kier alpha value is -2.32. The van der Waals surface area contributed by atoms with Crippen LogP contribution in [0.4, 0.5) is 19.1 Å². The van der Waals surface area contributed by atoms with Crippen LogP contribution in [0.15, 0.2) is 24.3 Å². The molecule has 6 nitrogen and oxygen atoms in total. The van der Waals surface area contributed by atoms with E-state index in [1.54, 1.807) is 0 Å². The monoisotopic (exact) mass is 245 g/mol. The van der Waals surface area contributed by atoms with E-state index in [9.17, 15) is 13.2 Å². The molecule has 17 heavy (non-hydrogen) atoms. The van der Waals surface area contributed by atoms with Gasteiger partial charge in [-0.05, 0) is 22.6 Å². The normalized spacial score (nSPS) is 11.5. The number of rotatable bonds is 2. The van der Waals surface area contributed by atoms with E-state index in [0.29, 0.717) is 0 Å². The van der Waals surface area contributed by atoms with Gasteiger partial charge in [0.1, 0.15) is 5.69 Å².